The summed E-state index contributed by atoms with van der Waals surface area (Å²) in [7, 11) is 0. The van der Waals surface area contributed by atoms with E-state index >= 15 is 0 Å². The first-order valence-electron chi connectivity index (χ1n) is 9.08. The molecule has 2 aliphatic rings. The molecule has 0 heterocycles. The lowest BCUT2D eigenvalue weighted by atomic mass is 9.73. The highest BCUT2D eigenvalue weighted by Gasteiger charge is 2.33. The summed E-state index contributed by atoms with van der Waals surface area (Å²) >= 11 is 0. The van der Waals surface area contributed by atoms with Crippen LogP contribution in [0.1, 0.15) is 84.5 Å². The maximum absolute atomic E-state index is 3.93. The fourth-order valence-electron chi connectivity index (χ4n) is 4.59. The van der Waals surface area contributed by atoms with Crippen LogP contribution in [0.25, 0.3) is 0 Å². The minimum Gasteiger partial charge on any atom is -0.313 e. The molecule has 1 N–H and O–H groups in total. The fraction of sp³-hybridized carbons (Fsp3) is 1.00. The van der Waals surface area contributed by atoms with Crippen LogP contribution < -0.4 is 5.32 Å². The lowest BCUT2D eigenvalue weighted by Crippen LogP contribution is -2.43. The highest BCUT2D eigenvalue weighted by molar-refractivity contribution is 4.88. The molecule has 2 fully saturated rings. The zero-order chi connectivity index (χ0) is 13.5. The Morgan fingerprint density at radius 2 is 1.47 bits per heavy atom. The third-order valence-electron chi connectivity index (χ3n) is 5.63. The molecule has 112 valence electrons. The SMILES string of the molecule is CCCNC(C1CCCC1)C1CCC(CCC)CC1. The Hall–Kier alpha value is -0.0400. The quantitative estimate of drug-likeness (QED) is 0.671. The van der Waals surface area contributed by atoms with Crippen molar-refractivity contribution in [3.05, 3.63) is 0 Å². The van der Waals surface area contributed by atoms with Gasteiger partial charge in [0.1, 0.15) is 0 Å². The van der Waals surface area contributed by atoms with Crippen molar-refractivity contribution in [1.29, 1.82) is 0 Å². The Labute approximate surface area is 120 Å². The third kappa shape index (κ3) is 4.48. The van der Waals surface area contributed by atoms with Gasteiger partial charge in [-0.2, -0.15) is 0 Å². The van der Waals surface area contributed by atoms with Gasteiger partial charge in [-0.25, -0.2) is 0 Å². The maximum Gasteiger partial charge on any atom is 0.0124 e. The number of nitrogens with one attached hydrogen (secondary N) is 1. The molecule has 0 aliphatic heterocycles. The lowest BCUT2D eigenvalue weighted by molar-refractivity contribution is 0.174. The topological polar surface area (TPSA) is 12.0 Å². The first-order chi connectivity index (χ1) is 9.35. The summed E-state index contributed by atoms with van der Waals surface area (Å²) in [5.74, 6) is 3.04. The Bertz CT molecular complexity index is 224. The second-order valence-electron chi connectivity index (χ2n) is 7.09. The smallest absolute Gasteiger partial charge is 0.0124 e. The minimum absolute atomic E-state index is 0.852. The van der Waals surface area contributed by atoms with E-state index in [1.807, 2.05) is 0 Å². The van der Waals surface area contributed by atoms with Gasteiger partial charge in [-0.3, -0.25) is 0 Å². The molecule has 0 aromatic rings. The molecule has 0 bridgehead atoms. The summed E-state index contributed by atoms with van der Waals surface area (Å²) in [5.41, 5.74) is 0. The van der Waals surface area contributed by atoms with Crippen molar-refractivity contribution in [2.45, 2.75) is 90.5 Å². The van der Waals surface area contributed by atoms with Crippen LogP contribution in [0.2, 0.25) is 0 Å². The average Bonchev–Trinajstić information content (AvgIpc) is 2.95. The van der Waals surface area contributed by atoms with Gasteiger partial charge in [-0.15, -0.1) is 0 Å². The van der Waals surface area contributed by atoms with Crippen LogP contribution in [0, 0.1) is 17.8 Å². The highest BCUT2D eigenvalue weighted by Crippen LogP contribution is 2.39. The summed E-state index contributed by atoms with van der Waals surface area (Å²) < 4.78 is 0. The summed E-state index contributed by atoms with van der Waals surface area (Å²) in [6.07, 6.45) is 16.1. The molecule has 2 aliphatic carbocycles. The van der Waals surface area contributed by atoms with Crippen molar-refractivity contribution < 1.29 is 0 Å². The molecule has 19 heavy (non-hydrogen) atoms. The van der Waals surface area contributed by atoms with E-state index < -0.39 is 0 Å². The molecule has 0 aromatic carbocycles. The molecule has 1 heteroatoms. The summed E-state index contributed by atoms with van der Waals surface area (Å²) in [4.78, 5) is 0. The zero-order valence-corrected chi connectivity index (χ0v) is 13.3. The first-order valence-corrected chi connectivity index (χ1v) is 9.08. The minimum atomic E-state index is 0.852. The zero-order valence-electron chi connectivity index (χ0n) is 13.3. The van der Waals surface area contributed by atoms with Crippen LogP contribution in [0.5, 0.6) is 0 Å². The predicted octanol–water partition coefficient (Wildman–Crippen LogP) is 5.15. The number of hydrogen-bond donors (Lipinski definition) is 1. The number of hydrogen-bond acceptors (Lipinski definition) is 1. The normalized spacial score (nSPS) is 30.6. The van der Waals surface area contributed by atoms with E-state index in [0.717, 1.165) is 23.8 Å². The molecule has 2 rings (SSSR count). The van der Waals surface area contributed by atoms with Crippen molar-refractivity contribution in [3.8, 4) is 0 Å². The Morgan fingerprint density at radius 1 is 0.842 bits per heavy atom. The van der Waals surface area contributed by atoms with Crippen LogP contribution >= 0.6 is 0 Å². The van der Waals surface area contributed by atoms with Crippen molar-refractivity contribution in [2.24, 2.45) is 17.8 Å². The van der Waals surface area contributed by atoms with E-state index in [-0.39, 0.29) is 0 Å². The Kier molecular flexibility index (Phi) is 6.70. The molecule has 0 spiro atoms. The average molecular weight is 265 g/mol. The maximum atomic E-state index is 3.93. The second kappa shape index (κ2) is 8.29. The van der Waals surface area contributed by atoms with Gasteiger partial charge in [0, 0.05) is 6.04 Å². The van der Waals surface area contributed by atoms with E-state index in [0.29, 0.717) is 0 Å². The van der Waals surface area contributed by atoms with Gasteiger partial charge < -0.3 is 5.32 Å². The van der Waals surface area contributed by atoms with Gasteiger partial charge >= 0.3 is 0 Å². The van der Waals surface area contributed by atoms with Gasteiger partial charge in [-0.05, 0) is 56.4 Å². The van der Waals surface area contributed by atoms with E-state index in [4.69, 9.17) is 0 Å². The molecule has 1 atom stereocenters. The van der Waals surface area contributed by atoms with Crippen molar-refractivity contribution in [2.75, 3.05) is 6.54 Å². The van der Waals surface area contributed by atoms with Crippen LogP contribution in [-0.2, 0) is 0 Å². The van der Waals surface area contributed by atoms with Crippen LogP contribution in [-0.4, -0.2) is 12.6 Å². The van der Waals surface area contributed by atoms with Crippen LogP contribution in [0.3, 0.4) is 0 Å². The highest BCUT2D eigenvalue weighted by atomic mass is 14.9. The van der Waals surface area contributed by atoms with Crippen molar-refractivity contribution in [3.63, 3.8) is 0 Å². The first kappa shape index (κ1) is 15.4. The molecule has 1 unspecified atom stereocenters. The summed E-state index contributed by atoms with van der Waals surface area (Å²) in [6, 6.07) is 0.852. The largest absolute Gasteiger partial charge is 0.313 e. The Balaban J connectivity index is 1.84. The number of rotatable bonds is 7. The molecule has 0 saturated heterocycles. The summed E-state index contributed by atoms with van der Waals surface area (Å²) in [6.45, 7) is 5.88. The molecule has 0 radical (unpaired) electrons. The van der Waals surface area contributed by atoms with Gasteiger partial charge in [0.25, 0.3) is 0 Å². The summed E-state index contributed by atoms with van der Waals surface area (Å²) in [5, 5.41) is 3.93. The van der Waals surface area contributed by atoms with Crippen LogP contribution in [0.4, 0.5) is 0 Å². The molecule has 0 aromatic heterocycles. The second-order valence-corrected chi connectivity index (χ2v) is 7.09. The van der Waals surface area contributed by atoms with Gasteiger partial charge in [-0.1, -0.05) is 52.4 Å². The van der Waals surface area contributed by atoms with E-state index in [1.54, 1.807) is 0 Å². The Morgan fingerprint density at radius 3 is 2.05 bits per heavy atom. The third-order valence-corrected chi connectivity index (χ3v) is 5.63. The molecular weight excluding hydrogens is 230 g/mol. The van der Waals surface area contributed by atoms with E-state index in [2.05, 4.69) is 19.2 Å². The van der Waals surface area contributed by atoms with E-state index in [1.165, 1.54) is 77.2 Å². The van der Waals surface area contributed by atoms with Gasteiger partial charge in [0.2, 0.25) is 0 Å². The fourth-order valence-corrected chi connectivity index (χ4v) is 4.59. The molecule has 2 saturated carbocycles. The lowest BCUT2D eigenvalue weighted by Gasteiger charge is -2.37. The molecular formula is C18H35N. The molecule has 1 nitrogen and oxygen atoms in total. The van der Waals surface area contributed by atoms with E-state index in [9.17, 15) is 0 Å². The van der Waals surface area contributed by atoms with Crippen LogP contribution in [0.15, 0.2) is 0 Å². The van der Waals surface area contributed by atoms with Gasteiger partial charge in [0.15, 0.2) is 0 Å². The standard InChI is InChI=1S/C18H35N/c1-3-7-15-10-12-17(13-11-15)18(19-14-4-2)16-8-5-6-9-16/h15-19H,3-14H2,1-2H3. The monoisotopic (exact) mass is 265 g/mol. The van der Waals surface area contributed by atoms with Crippen molar-refractivity contribution in [1.82, 2.24) is 5.32 Å². The van der Waals surface area contributed by atoms with Crippen molar-refractivity contribution >= 4 is 0 Å². The van der Waals surface area contributed by atoms with Gasteiger partial charge in [0.05, 0.1) is 0 Å². The molecule has 0 amide bonds. The predicted molar refractivity (Wildman–Crippen MR) is 84.4 cm³/mol.